The number of aryl methyl sites for hydroxylation is 1. The van der Waals surface area contributed by atoms with Crippen molar-refractivity contribution in [1.82, 2.24) is 19.7 Å². The molecule has 27 heavy (non-hydrogen) atoms. The van der Waals surface area contributed by atoms with Crippen molar-refractivity contribution >= 4 is 23.6 Å². The smallest absolute Gasteiger partial charge is 0.309 e. The molecule has 2 aromatic rings. The van der Waals surface area contributed by atoms with E-state index in [1.807, 2.05) is 53.6 Å². The molecule has 2 heterocycles. The Bertz CT molecular complexity index is 786. The molecular formula is C19H24N4O3S. The molecule has 1 saturated heterocycles. The lowest BCUT2D eigenvalue weighted by atomic mass is 9.97. The summed E-state index contributed by atoms with van der Waals surface area (Å²) in [4.78, 5) is 26.2. The Morgan fingerprint density at radius 1 is 1.19 bits per heavy atom. The Kier molecular flexibility index (Phi) is 6.49. The molecule has 1 aromatic carbocycles. The Morgan fingerprint density at radius 2 is 1.89 bits per heavy atom. The molecule has 1 amide bonds. The fraction of sp³-hybridized carbons (Fsp3) is 0.474. The number of hydrogen-bond donors (Lipinski definition) is 0. The first-order chi connectivity index (χ1) is 13.1. The third-order valence-electron chi connectivity index (χ3n) is 4.60. The highest BCUT2D eigenvalue weighted by atomic mass is 32.2. The van der Waals surface area contributed by atoms with Crippen molar-refractivity contribution in [3.05, 3.63) is 36.2 Å². The van der Waals surface area contributed by atoms with E-state index in [1.165, 1.54) is 11.8 Å². The van der Waals surface area contributed by atoms with Crippen molar-refractivity contribution in [2.24, 2.45) is 5.92 Å². The Hall–Kier alpha value is -2.35. The van der Waals surface area contributed by atoms with E-state index in [1.54, 1.807) is 0 Å². The summed E-state index contributed by atoms with van der Waals surface area (Å²) in [6, 6.07) is 9.86. The molecule has 0 unspecified atom stereocenters. The van der Waals surface area contributed by atoms with Gasteiger partial charge in [-0.05, 0) is 38.8 Å². The van der Waals surface area contributed by atoms with Crippen LogP contribution in [-0.2, 0) is 14.3 Å². The van der Waals surface area contributed by atoms with Crippen LogP contribution < -0.4 is 0 Å². The van der Waals surface area contributed by atoms with Crippen LogP contribution in [0, 0.1) is 12.8 Å². The van der Waals surface area contributed by atoms with E-state index in [-0.39, 0.29) is 17.8 Å². The van der Waals surface area contributed by atoms with E-state index in [0.29, 0.717) is 43.4 Å². The quantitative estimate of drug-likeness (QED) is 0.559. The zero-order valence-electron chi connectivity index (χ0n) is 15.6. The number of likely N-dealkylation sites (tertiary alicyclic amines) is 1. The SMILES string of the molecule is CCOC(=O)C1CCN(C(=O)CSc2nnc(C)n2-c2ccccc2)CC1. The maximum Gasteiger partial charge on any atom is 0.309 e. The van der Waals surface area contributed by atoms with Crippen LogP contribution in [0.4, 0.5) is 0 Å². The van der Waals surface area contributed by atoms with Gasteiger partial charge in [0.1, 0.15) is 5.82 Å². The molecule has 0 radical (unpaired) electrons. The average Bonchev–Trinajstić information content (AvgIpc) is 3.07. The molecule has 0 atom stereocenters. The number of thioether (sulfide) groups is 1. The molecule has 1 aliphatic heterocycles. The number of amides is 1. The van der Waals surface area contributed by atoms with E-state index in [9.17, 15) is 9.59 Å². The second-order valence-electron chi connectivity index (χ2n) is 6.40. The number of carbonyl (C=O) groups excluding carboxylic acids is 2. The molecule has 0 spiro atoms. The highest BCUT2D eigenvalue weighted by Gasteiger charge is 2.28. The minimum absolute atomic E-state index is 0.0579. The van der Waals surface area contributed by atoms with Crippen LogP contribution in [0.3, 0.4) is 0 Å². The molecule has 1 aliphatic rings. The molecule has 144 valence electrons. The summed E-state index contributed by atoms with van der Waals surface area (Å²) in [5.74, 6) is 0.902. The molecule has 0 bridgehead atoms. The highest BCUT2D eigenvalue weighted by Crippen LogP contribution is 2.24. The predicted molar refractivity (Wildman–Crippen MR) is 103 cm³/mol. The van der Waals surface area contributed by atoms with E-state index >= 15 is 0 Å². The monoisotopic (exact) mass is 388 g/mol. The first-order valence-electron chi connectivity index (χ1n) is 9.14. The number of aromatic nitrogens is 3. The molecule has 0 aliphatic carbocycles. The third-order valence-corrected chi connectivity index (χ3v) is 5.52. The molecule has 0 saturated carbocycles. The Morgan fingerprint density at radius 3 is 2.56 bits per heavy atom. The zero-order valence-corrected chi connectivity index (χ0v) is 16.4. The summed E-state index contributed by atoms with van der Waals surface area (Å²) in [7, 11) is 0. The second-order valence-corrected chi connectivity index (χ2v) is 7.34. The first-order valence-corrected chi connectivity index (χ1v) is 10.1. The van der Waals surface area contributed by atoms with Gasteiger partial charge in [-0.1, -0.05) is 30.0 Å². The number of esters is 1. The van der Waals surface area contributed by atoms with Crippen molar-refractivity contribution < 1.29 is 14.3 Å². The van der Waals surface area contributed by atoms with Gasteiger partial charge in [0.05, 0.1) is 18.3 Å². The number of ether oxygens (including phenoxy) is 1. The summed E-state index contributed by atoms with van der Waals surface area (Å²) in [5, 5.41) is 9.06. The van der Waals surface area contributed by atoms with Gasteiger partial charge in [-0.15, -0.1) is 10.2 Å². The van der Waals surface area contributed by atoms with Gasteiger partial charge in [-0.3, -0.25) is 14.2 Å². The van der Waals surface area contributed by atoms with E-state index < -0.39 is 0 Å². The van der Waals surface area contributed by atoms with Gasteiger partial charge in [0, 0.05) is 18.8 Å². The lowest BCUT2D eigenvalue weighted by molar-refractivity contribution is -0.151. The van der Waals surface area contributed by atoms with Gasteiger partial charge >= 0.3 is 5.97 Å². The molecule has 8 heteroatoms. The lowest BCUT2D eigenvalue weighted by Gasteiger charge is -2.30. The van der Waals surface area contributed by atoms with Crippen molar-refractivity contribution in [3.8, 4) is 5.69 Å². The van der Waals surface area contributed by atoms with Gasteiger partial charge in [0.2, 0.25) is 5.91 Å². The fourth-order valence-electron chi connectivity index (χ4n) is 3.15. The molecule has 1 aromatic heterocycles. The molecule has 1 fully saturated rings. The highest BCUT2D eigenvalue weighted by molar-refractivity contribution is 7.99. The average molecular weight is 388 g/mol. The normalized spacial score (nSPS) is 15.0. The largest absolute Gasteiger partial charge is 0.466 e. The third kappa shape index (κ3) is 4.68. The van der Waals surface area contributed by atoms with Crippen molar-refractivity contribution in [1.29, 1.82) is 0 Å². The van der Waals surface area contributed by atoms with Crippen LogP contribution in [0.15, 0.2) is 35.5 Å². The van der Waals surface area contributed by atoms with Gasteiger partial charge in [0.15, 0.2) is 5.16 Å². The number of carbonyl (C=O) groups is 2. The summed E-state index contributed by atoms with van der Waals surface area (Å²) in [5.41, 5.74) is 0.977. The summed E-state index contributed by atoms with van der Waals surface area (Å²) in [6.07, 6.45) is 1.32. The number of nitrogens with zero attached hydrogens (tertiary/aromatic N) is 4. The van der Waals surface area contributed by atoms with Gasteiger partial charge < -0.3 is 9.64 Å². The van der Waals surface area contributed by atoms with Crippen LogP contribution in [0.5, 0.6) is 0 Å². The minimum atomic E-state index is -0.148. The topological polar surface area (TPSA) is 77.3 Å². The van der Waals surface area contributed by atoms with E-state index in [0.717, 1.165) is 11.5 Å². The Labute approximate surface area is 163 Å². The van der Waals surface area contributed by atoms with Crippen LogP contribution in [0.2, 0.25) is 0 Å². The van der Waals surface area contributed by atoms with Crippen LogP contribution in [-0.4, -0.2) is 57.0 Å². The summed E-state index contributed by atoms with van der Waals surface area (Å²) >= 11 is 1.39. The summed E-state index contributed by atoms with van der Waals surface area (Å²) < 4.78 is 7.02. The van der Waals surface area contributed by atoms with E-state index in [4.69, 9.17) is 4.74 Å². The van der Waals surface area contributed by atoms with Crippen molar-refractivity contribution in [2.45, 2.75) is 31.8 Å². The standard InChI is InChI=1S/C19H24N4O3S/c1-3-26-18(25)15-9-11-22(12-10-15)17(24)13-27-19-21-20-14(2)23(19)16-7-5-4-6-8-16/h4-8,15H,3,9-13H2,1-2H3. The second kappa shape index (κ2) is 9.03. The van der Waals surface area contributed by atoms with Crippen LogP contribution in [0.25, 0.3) is 5.69 Å². The van der Waals surface area contributed by atoms with Crippen molar-refractivity contribution in [2.75, 3.05) is 25.4 Å². The maximum atomic E-state index is 12.6. The maximum absolute atomic E-state index is 12.6. The number of benzene rings is 1. The number of rotatable bonds is 6. The molecular weight excluding hydrogens is 364 g/mol. The van der Waals surface area contributed by atoms with Gasteiger partial charge in [0.25, 0.3) is 0 Å². The van der Waals surface area contributed by atoms with Gasteiger partial charge in [-0.25, -0.2) is 0 Å². The fourth-order valence-corrected chi connectivity index (χ4v) is 4.05. The number of hydrogen-bond acceptors (Lipinski definition) is 6. The molecule has 0 N–H and O–H groups in total. The zero-order chi connectivity index (χ0) is 19.2. The first kappa shape index (κ1) is 19.4. The number of para-hydroxylation sites is 1. The predicted octanol–water partition coefficient (Wildman–Crippen LogP) is 2.47. The van der Waals surface area contributed by atoms with E-state index in [2.05, 4.69) is 10.2 Å². The lowest BCUT2D eigenvalue weighted by Crippen LogP contribution is -2.41. The summed E-state index contributed by atoms with van der Waals surface area (Å²) in [6.45, 7) is 5.28. The number of piperidine rings is 1. The molecule has 7 nitrogen and oxygen atoms in total. The Balaban J connectivity index is 1.56. The van der Waals surface area contributed by atoms with Crippen molar-refractivity contribution in [3.63, 3.8) is 0 Å². The van der Waals surface area contributed by atoms with Crippen LogP contribution in [0.1, 0.15) is 25.6 Å². The molecule has 3 rings (SSSR count). The van der Waals surface area contributed by atoms with Crippen LogP contribution >= 0.6 is 11.8 Å². The van der Waals surface area contributed by atoms with Gasteiger partial charge in [-0.2, -0.15) is 0 Å². The minimum Gasteiger partial charge on any atom is -0.466 e.